The Kier molecular flexibility index (Phi) is 5.48. The van der Waals surface area contributed by atoms with E-state index in [0.29, 0.717) is 33.3 Å². The minimum atomic E-state index is -0.529. The maximum Gasteiger partial charge on any atom is 0.248 e. The van der Waals surface area contributed by atoms with Gasteiger partial charge in [0.2, 0.25) is 11.8 Å². The molecule has 7 heteroatoms. The number of carbonyl (C=O) groups is 2. The first-order chi connectivity index (χ1) is 14.9. The molecule has 156 valence electrons. The molecular weight excluding hydrogens is 414 g/mol. The molecule has 0 radical (unpaired) electrons. The SMILES string of the molecule is COc1cc2c(cc1-c1cccc(Cl)c1)C(c1cccc(C(N)=O)c1)=NCC(=O)N2C. The molecule has 0 saturated carbocycles. The number of rotatable bonds is 4. The molecule has 4 rings (SSSR count). The average Bonchev–Trinajstić information content (AvgIpc) is 2.89. The predicted octanol–water partition coefficient (Wildman–Crippen LogP) is 3.93. The third-order valence-electron chi connectivity index (χ3n) is 5.24. The number of nitrogens with two attached hydrogens (primary N) is 1. The Labute approximate surface area is 184 Å². The standard InChI is InChI=1S/C24H20ClN3O3/c1-28-20-12-21(31-2)18(14-5-4-8-17(25)10-14)11-19(20)23(27-13-22(28)29)15-6-3-7-16(9-15)24(26)30/h3-12H,13H2,1-2H3,(H2,26,30). The van der Waals surface area contributed by atoms with E-state index in [4.69, 9.17) is 22.1 Å². The summed E-state index contributed by atoms with van der Waals surface area (Å²) in [5.74, 6) is -0.0773. The number of benzene rings is 3. The Bertz CT molecular complexity index is 1240. The van der Waals surface area contributed by atoms with Crippen LogP contribution < -0.4 is 15.4 Å². The molecule has 6 nitrogen and oxygen atoms in total. The van der Waals surface area contributed by atoms with Crippen molar-refractivity contribution in [3.63, 3.8) is 0 Å². The fourth-order valence-corrected chi connectivity index (χ4v) is 3.82. The Morgan fingerprint density at radius 1 is 1.06 bits per heavy atom. The molecule has 0 spiro atoms. The highest BCUT2D eigenvalue weighted by atomic mass is 35.5. The molecule has 2 N–H and O–H groups in total. The molecule has 0 fully saturated rings. The Hall–Kier alpha value is -3.64. The topological polar surface area (TPSA) is 85.0 Å². The number of nitrogens with zero attached hydrogens (tertiary/aromatic N) is 2. The summed E-state index contributed by atoms with van der Waals surface area (Å²) in [6.45, 7) is -0.0177. The average molecular weight is 434 g/mol. The number of methoxy groups -OCH3 is 1. The van der Waals surface area contributed by atoms with Crippen LogP contribution >= 0.6 is 11.6 Å². The van der Waals surface area contributed by atoms with Gasteiger partial charge in [-0.1, -0.05) is 35.9 Å². The molecule has 31 heavy (non-hydrogen) atoms. The van der Waals surface area contributed by atoms with E-state index in [-0.39, 0.29) is 12.5 Å². The van der Waals surface area contributed by atoms with Crippen molar-refractivity contribution in [3.05, 3.63) is 82.4 Å². The summed E-state index contributed by atoms with van der Waals surface area (Å²) in [6.07, 6.45) is 0. The van der Waals surface area contributed by atoms with Crippen LogP contribution in [0.1, 0.15) is 21.5 Å². The van der Waals surface area contributed by atoms with Crippen molar-refractivity contribution in [1.29, 1.82) is 0 Å². The summed E-state index contributed by atoms with van der Waals surface area (Å²) in [6, 6.07) is 18.1. The zero-order valence-corrected chi connectivity index (χ0v) is 17.8. The molecule has 0 saturated heterocycles. The van der Waals surface area contributed by atoms with E-state index in [9.17, 15) is 9.59 Å². The fourth-order valence-electron chi connectivity index (χ4n) is 3.63. The number of primary amides is 1. The molecule has 1 heterocycles. The van der Waals surface area contributed by atoms with Crippen molar-refractivity contribution in [2.75, 3.05) is 25.6 Å². The molecule has 3 aromatic carbocycles. The lowest BCUT2D eigenvalue weighted by Crippen LogP contribution is -2.27. The van der Waals surface area contributed by atoms with Crippen molar-refractivity contribution >= 4 is 34.8 Å². The van der Waals surface area contributed by atoms with Crippen LogP contribution in [0.15, 0.2) is 65.7 Å². The molecule has 1 aliphatic heterocycles. The molecule has 3 aromatic rings. The monoisotopic (exact) mass is 433 g/mol. The second-order valence-electron chi connectivity index (χ2n) is 7.14. The van der Waals surface area contributed by atoms with E-state index in [2.05, 4.69) is 4.99 Å². The second kappa shape index (κ2) is 8.24. The normalized spacial score (nSPS) is 13.3. The minimum absolute atomic E-state index is 0.0177. The van der Waals surface area contributed by atoms with Gasteiger partial charge in [0.25, 0.3) is 0 Å². The van der Waals surface area contributed by atoms with Crippen LogP contribution in [-0.2, 0) is 4.79 Å². The number of amides is 2. The van der Waals surface area contributed by atoms with Crippen molar-refractivity contribution in [2.24, 2.45) is 10.7 Å². The lowest BCUT2D eigenvalue weighted by Gasteiger charge is -2.21. The largest absolute Gasteiger partial charge is 0.496 e. The van der Waals surface area contributed by atoms with Crippen LogP contribution in [0.4, 0.5) is 5.69 Å². The van der Waals surface area contributed by atoms with Gasteiger partial charge in [-0.15, -0.1) is 0 Å². The number of fused-ring (bicyclic) bond motifs is 1. The number of hydrogen-bond acceptors (Lipinski definition) is 4. The lowest BCUT2D eigenvalue weighted by molar-refractivity contribution is -0.116. The van der Waals surface area contributed by atoms with Gasteiger partial charge in [0.1, 0.15) is 12.3 Å². The van der Waals surface area contributed by atoms with Gasteiger partial charge < -0.3 is 15.4 Å². The maximum atomic E-state index is 12.6. The highest BCUT2D eigenvalue weighted by molar-refractivity contribution is 6.31. The molecule has 0 unspecified atom stereocenters. The number of benzodiazepines with no additional fused rings is 1. The van der Waals surface area contributed by atoms with Crippen LogP contribution in [0, 0.1) is 0 Å². The van der Waals surface area contributed by atoms with Crippen molar-refractivity contribution < 1.29 is 14.3 Å². The van der Waals surface area contributed by atoms with Gasteiger partial charge in [0.15, 0.2) is 0 Å². The van der Waals surface area contributed by atoms with E-state index in [0.717, 1.165) is 16.7 Å². The van der Waals surface area contributed by atoms with E-state index in [1.807, 2.05) is 36.4 Å². The molecule has 0 aliphatic carbocycles. The first-order valence-corrected chi connectivity index (χ1v) is 9.96. The van der Waals surface area contributed by atoms with Crippen LogP contribution in [0.2, 0.25) is 5.02 Å². The minimum Gasteiger partial charge on any atom is -0.496 e. The first kappa shape index (κ1) is 20.6. The molecule has 1 aliphatic rings. The third kappa shape index (κ3) is 3.90. The molecule has 0 bridgehead atoms. The number of anilines is 1. The first-order valence-electron chi connectivity index (χ1n) is 9.58. The van der Waals surface area contributed by atoms with Gasteiger partial charge in [-0.3, -0.25) is 14.6 Å². The zero-order valence-electron chi connectivity index (χ0n) is 17.1. The Morgan fingerprint density at radius 3 is 2.52 bits per heavy atom. The van der Waals surface area contributed by atoms with E-state index in [1.54, 1.807) is 43.3 Å². The Morgan fingerprint density at radius 2 is 1.81 bits per heavy atom. The number of halogens is 1. The van der Waals surface area contributed by atoms with E-state index in [1.165, 1.54) is 0 Å². The van der Waals surface area contributed by atoms with Crippen LogP contribution in [0.5, 0.6) is 5.75 Å². The molecular formula is C24H20ClN3O3. The Balaban J connectivity index is 1.98. The number of hydrogen-bond donors (Lipinski definition) is 1. The van der Waals surface area contributed by atoms with Crippen molar-refractivity contribution in [2.45, 2.75) is 0 Å². The van der Waals surface area contributed by atoms with E-state index < -0.39 is 5.91 Å². The zero-order chi connectivity index (χ0) is 22.1. The van der Waals surface area contributed by atoms with Gasteiger partial charge in [-0.05, 0) is 35.9 Å². The van der Waals surface area contributed by atoms with Crippen molar-refractivity contribution in [1.82, 2.24) is 0 Å². The number of ether oxygens (including phenoxy) is 1. The number of aliphatic imine (C=N–C) groups is 1. The second-order valence-corrected chi connectivity index (χ2v) is 7.58. The maximum absolute atomic E-state index is 12.6. The van der Waals surface area contributed by atoms with Crippen LogP contribution in [-0.4, -0.2) is 38.2 Å². The fraction of sp³-hybridized carbons (Fsp3) is 0.125. The van der Waals surface area contributed by atoms with Crippen LogP contribution in [0.25, 0.3) is 11.1 Å². The molecule has 0 atom stereocenters. The summed E-state index contributed by atoms with van der Waals surface area (Å²) < 4.78 is 5.64. The summed E-state index contributed by atoms with van der Waals surface area (Å²) in [7, 11) is 3.29. The van der Waals surface area contributed by atoms with Gasteiger partial charge >= 0.3 is 0 Å². The number of carbonyl (C=O) groups excluding carboxylic acids is 2. The number of likely N-dealkylation sites (N-methyl/N-ethyl adjacent to an activating group) is 1. The highest BCUT2D eigenvalue weighted by Crippen LogP contribution is 2.39. The van der Waals surface area contributed by atoms with Gasteiger partial charge in [-0.25, -0.2) is 0 Å². The van der Waals surface area contributed by atoms with Gasteiger partial charge in [0.05, 0.1) is 18.5 Å². The van der Waals surface area contributed by atoms with Gasteiger partial charge in [0, 0.05) is 40.4 Å². The smallest absolute Gasteiger partial charge is 0.248 e. The van der Waals surface area contributed by atoms with Crippen LogP contribution in [0.3, 0.4) is 0 Å². The predicted molar refractivity (Wildman–Crippen MR) is 122 cm³/mol. The molecule has 0 aromatic heterocycles. The molecule has 2 amide bonds. The van der Waals surface area contributed by atoms with E-state index >= 15 is 0 Å². The quantitative estimate of drug-likeness (QED) is 0.676. The summed E-state index contributed by atoms with van der Waals surface area (Å²) in [5, 5.41) is 0.602. The van der Waals surface area contributed by atoms with Gasteiger partial charge in [-0.2, -0.15) is 0 Å². The summed E-state index contributed by atoms with van der Waals surface area (Å²) in [4.78, 5) is 30.5. The summed E-state index contributed by atoms with van der Waals surface area (Å²) in [5.41, 5.74) is 10.2. The summed E-state index contributed by atoms with van der Waals surface area (Å²) >= 11 is 6.21. The lowest BCUT2D eigenvalue weighted by atomic mass is 9.94. The van der Waals surface area contributed by atoms with Crippen molar-refractivity contribution in [3.8, 4) is 16.9 Å². The third-order valence-corrected chi connectivity index (χ3v) is 5.47. The highest BCUT2D eigenvalue weighted by Gasteiger charge is 2.25.